The summed E-state index contributed by atoms with van der Waals surface area (Å²) in [5.41, 5.74) is 0.942. The van der Waals surface area contributed by atoms with Gasteiger partial charge in [0.2, 0.25) is 5.95 Å². The molecule has 5 nitrogen and oxygen atoms in total. The summed E-state index contributed by atoms with van der Waals surface area (Å²) in [5.74, 6) is 1.59. The van der Waals surface area contributed by atoms with Crippen molar-refractivity contribution in [3.63, 3.8) is 0 Å². The zero-order chi connectivity index (χ0) is 13.9. The molecule has 1 atom stereocenters. The van der Waals surface area contributed by atoms with Gasteiger partial charge in [-0.25, -0.2) is 4.98 Å². The van der Waals surface area contributed by atoms with Crippen molar-refractivity contribution in [1.29, 1.82) is 0 Å². The molecule has 2 aromatic rings. The summed E-state index contributed by atoms with van der Waals surface area (Å²) in [5, 5.41) is 14.0. The molecule has 0 bridgehead atoms. The largest absolute Gasteiger partial charge is 0.391 e. The molecule has 5 heteroatoms. The van der Waals surface area contributed by atoms with Crippen LogP contribution in [0.5, 0.6) is 0 Å². The fourth-order valence-corrected chi connectivity index (χ4v) is 2.55. The summed E-state index contributed by atoms with van der Waals surface area (Å²) in [4.78, 5) is 11.3. The highest BCUT2D eigenvalue weighted by molar-refractivity contribution is 5.90. The van der Waals surface area contributed by atoms with Crippen LogP contribution in [0.4, 0.5) is 11.8 Å². The standard InChI is InChI=1S/C15H20N4O/c1-2-8-16-15-17-13-6-4-3-5-12(13)14(18-15)19-9-7-11(20)10-19/h3-6,11,20H,2,7-10H2,1H3,(H,16,17,18). The van der Waals surface area contributed by atoms with Crippen LogP contribution in [0.25, 0.3) is 10.9 Å². The number of benzene rings is 1. The van der Waals surface area contributed by atoms with Gasteiger partial charge in [-0.05, 0) is 25.0 Å². The molecule has 0 amide bonds. The molecule has 0 aliphatic carbocycles. The Morgan fingerprint density at radius 1 is 1.35 bits per heavy atom. The van der Waals surface area contributed by atoms with Gasteiger partial charge >= 0.3 is 0 Å². The Labute approximate surface area is 118 Å². The molecule has 20 heavy (non-hydrogen) atoms. The molecule has 1 aromatic heterocycles. The molecule has 0 spiro atoms. The number of nitrogens with one attached hydrogen (secondary N) is 1. The van der Waals surface area contributed by atoms with E-state index < -0.39 is 0 Å². The molecule has 1 aromatic carbocycles. The molecule has 1 saturated heterocycles. The van der Waals surface area contributed by atoms with Gasteiger partial charge in [0.15, 0.2) is 0 Å². The fraction of sp³-hybridized carbons (Fsp3) is 0.467. The minimum Gasteiger partial charge on any atom is -0.391 e. The van der Waals surface area contributed by atoms with Gasteiger partial charge in [0, 0.05) is 25.0 Å². The lowest BCUT2D eigenvalue weighted by molar-refractivity contribution is 0.198. The van der Waals surface area contributed by atoms with Crippen molar-refractivity contribution in [2.24, 2.45) is 0 Å². The maximum absolute atomic E-state index is 9.74. The van der Waals surface area contributed by atoms with Crippen molar-refractivity contribution in [3.05, 3.63) is 24.3 Å². The monoisotopic (exact) mass is 272 g/mol. The third-order valence-corrected chi connectivity index (χ3v) is 3.58. The van der Waals surface area contributed by atoms with Gasteiger partial charge in [-0.2, -0.15) is 4.98 Å². The highest BCUT2D eigenvalue weighted by Gasteiger charge is 2.23. The van der Waals surface area contributed by atoms with E-state index in [1.54, 1.807) is 0 Å². The number of hydrogen-bond donors (Lipinski definition) is 2. The van der Waals surface area contributed by atoms with E-state index in [1.165, 1.54) is 0 Å². The number of anilines is 2. The first-order chi connectivity index (χ1) is 9.78. The van der Waals surface area contributed by atoms with E-state index in [9.17, 15) is 5.11 Å². The van der Waals surface area contributed by atoms with Gasteiger partial charge in [-0.1, -0.05) is 19.1 Å². The number of rotatable bonds is 4. The van der Waals surface area contributed by atoms with Crippen LogP contribution in [0.1, 0.15) is 19.8 Å². The summed E-state index contributed by atoms with van der Waals surface area (Å²) in [6.07, 6.45) is 1.58. The number of aliphatic hydroxyl groups excluding tert-OH is 1. The van der Waals surface area contributed by atoms with Crippen LogP contribution in [0, 0.1) is 0 Å². The van der Waals surface area contributed by atoms with E-state index in [-0.39, 0.29) is 6.10 Å². The molecule has 1 aliphatic heterocycles. The number of aromatic nitrogens is 2. The van der Waals surface area contributed by atoms with Crippen LogP contribution in [0.3, 0.4) is 0 Å². The zero-order valence-electron chi connectivity index (χ0n) is 11.7. The average Bonchev–Trinajstić information content (AvgIpc) is 2.90. The van der Waals surface area contributed by atoms with Crippen molar-refractivity contribution in [3.8, 4) is 0 Å². The number of nitrogens with zero attached hydrogens (tertiary/aromatic N) is 3. The van der Waals surface area contributed by atoms with Gasteiger partial charge in [0.1, 0.15) is 5.82 Å². The Kier molecular flexibility index (Phi) is 3.69. The molecule has 1 unspecified atom stereocenters. The van der Waals surface area contributed by atoms with E-state index in [4.69, 9.17) is 0 Å². The molecule has 1 fully saturated rings. The van der Waals surface area contributed by atoms with Gasteiger partial charge < -0.3 is 15.3 Å². The Morgan fingerprint density at radius 2 is 2.20 bits per heavy atom. The second kappa shape index (κ2) is 5.63. The van der Waals surface area contributed by atoms with E-state index >= 15 is 0 Å². The Hall–Kier alpha value is -1.88. The molecule has 2 heterocycles. The van der Waals surface area contributed by atoms with Crippen LogP contribution in [-0.4, -0.2) is 40.8 Å². The maximum atomic E-state index is 9.74. The van der Waals surface area contributed by atoms with E-state index in [0.29, 0.717) is 12.5 Å². The highest BCUT2D eigenvalue weighted by atomic mass is 16.3. The van der Waals surface area contributed by atoms with Crippen molar-refractivity contribution < 1.29 is 5.11 Å². The Morgan fingerprint density at radius 3 is 2.95 bits per heavy atom. The predicted octanol–water partition coefficient (Wildman–Crippen LogP) is 2.02. The maximum Gasteiger partial charge on any atom is 0.225 e. The number of para-hydroxylation sites is 1. The number of fused-ring (bicyclic) bond motifs is 1. The van der Waals surface area contributed by atoms with Crippen molar-refractivity contribution in [2.75, 3.05) is 29.9 Å². The molecule has 106 valence electrons. The summed E-state index contributed by atoms with van der Waals surface area (Å²) < 4.78 is 0. The lowest BCUT2D eigenvalue weighted by atomic mass is 10.2. The van der Waals surface area contributed by atoms with Crippen molar-refractivity contribution in [2.45, 2.75) is 25.9 Å². The van der Waals surface area contributed by atoms with Gasteiger partial charge in [-0.15, -0.1) is 0 Å². The van der Waals surface area contributed by atoms with Gasteiger partial charge in [0.05, 0.1) is 11.6 Å². The van der Waals surface area contributed by atoms with Gasteiger partial charge in [-0.3, -0.25) is 0 Å². The van der Waals surface area contributed by atoms with Crippen LogP contribution >= 0.6 is 0 Å². The fourth-order valence-electron chi connectivity index (χ4n) is 2.55. The molecule has 0 saturated carbocycles. The normalized spacial score (nSPS) is 18.7. The topological polar surface area (TPSA) is 61.3 Å². The zero-order valence-corrected chi connectivity index (χ0v) is 11.7. The summed E-state index contributed by atoms with van der Waals surface area (Å²) in [6, 6.07) is 8.03. The van der Waals surface area contributed by atoms with Crippen LogP contribution in [-0.2, 0) is 0 Å². The smallest absolute Gasteiger partial charge is 0.225 e. The lowest BCUT2D eigenvalue weighted by Gasteiger charge is -2.19. The van der Waals surface area contributed by atoms with Crippen molar-refractivity contribution >= 4 is 22.7 Å². The number of β-amino-alcohol motifs (C(OH)–C–C–N with tert-alkyl or cyclic N) is 1. The summed E-state index contributed by atoms with van der Waals surface area (Å²) >= 11 is 0. The van der Waals surface area contributed by atoms with Gasteiger partial charge in [0.25, 0.3) is 0 Å². The third-order valence-electron chi connectivity index (χ3n) is 3.58. The summed E-state index contributed by atoms with van der Waals surface area (Å²) in [7, 11) is 0. The lowest BCUT2D eigenvalue weighted by Crippen LogP contribution is -2.23. The molecule has 3 rings (SSSR count). The van der Waals surface area contributed by atoms with E-state index in [0.717, 1.165) is 42.7 Å². The van der Waals surface area contributed by atoms with Crippen LogP contribution in [0.15, 0.2) is 24.3 Å². The SMILES string of the molecule is CCCNc1nc(N2CCC(O)C2)c2ccccc2n1. The second-order valence-corrected chi connectivity index (χ2v) is 5.20. The van der Waals surface area contributed by atoms with E-state index in [1.807, 2.05) is 24.3 Å². The minimum atomic E-state index is -0.254. The quantitative estimate of drug-likeness (QED) is 0.891. The van der Waals surface area contributed by atoms with Crippen molar-refractivity contribution in [1.82, 2.24) is 9.97 Å². The molecular weight excluding hydrogens is 252 g/mol. The first-order valence-corrected chi connectivity index (χ1v) is 7.21. The first kappa shape index (κ1) is 13.1. The molecule has 1 aliphatic rings. The molecule has 2 N–H and O–H groups in total. The van der Waals surface area contributed by atoms with Crippen LogP contribution < -0.4 is 10.2 Å². The third kappa shape index (κ3) is 2.54. The minimum absolute atomic E-state index is 0.254. The van der Waals surface area contributed by atoms with Crippen LogP contribution in [0.2, 0.25) is 0 Å². The second-order valence-electron chi connectivity index (χ2n) is 5.20. The average molecular weight is 272 g/mol. The number of aliphatic hydroxyl groups is 1. The number of hydrogen-bond acceptors (Lipinski definition) is 5. The van der Waals surface area contributed by atoms with E-state index in [2.05, 4.69) is 27.1 Å². The Bertz CT molecular complexity index is 601. The predicted molar refractivity (Wildman–Crippen MR) is 81.2 cm³/mol. The summed E-state index contributed by atoms with van der Waals surface area (Å²) in [6.45, 7) is 4.47. The Balaban J connectivity index is 2.03. The molecular formula is C15H20N4O. The highest BCUT2D eigenvalue weighted by Crippen LogP contribution is 2.27. The first-order valence-electron chi connectivity index (χ1n) is 7.21. The molecule has 0 radical (unpaired) electrons.